The molecule has 0 saturated heterocycles. The van der Waals surface area contributed by atoms with Crippen molar-refractivity contribution in [2.45, 2.75) is 31.4 Å². The summed E-state index contributed by atoms with van der Waals surface area (Å²) < 4.78 is 29.8. The minimum atomic E-state index is -3.78. The minimum Gasteiger partial charge on any atom is -0.480 e. The molecule has 0 aromatic carbocycles. The summed E-state index contributed by atoms with van der Waals surface area (Å²) >= 11 is 0. The molecule has 1 rings (SSSR count). The van der Waals surface area contributed by atoms with E-state index >= 15 is 0 Å². The number of furan rings is 1. The summed E-state index contributed by atoms with van der Waals surface area (Å²) in [5.41, 5.74) is 0.00183. The number of aliphatic carboxylic acids is 1. The lowest BCUT2D eigenvalue weighted by molar-refractivity contribution is -0.138. The highest BCUT2D eigenvalue weighted by atomic mass is 32.2. The molecule has 22 heavy (non-hydrogen) atoms. The molecule has 1 heterocycles. The van der Waals surface area contributed by atoms with Gasteiger partial charge in [0.15, 0.2) is 0 Å². The Morgan fingerprint density at radius 1 is 1.36 bits per heavy atom. The molecule has 1 N–H and O–H groups in total. The van der Waals surface area contributed by atoms with E-state index in [2.05, 4.69) is 0 Å². The third-order valence-corrected chi connectivity index (χ3v) is 4.93. The minimum absolute atomic E-state index is 0.00183. The molecule has 1 amide bonds. The maximum atomic E-state index is 12.4. The standard InChI is InChI=1S/C13H20N2O6S/c1-5-9(2)15(7-11(16)17)13(18)10-6-12(21-8-10)22(19,20)14(3)4/h6,8-9H,5,7H2,1-4H3,(H,16,17). The molecule has 0 bridgehead atoms. The second kappa shape index (κ2) is 6.93. The topological polar surface area (TPSA) is 108 Å². The first-order valence-corrected chi connectivity index (χ1v) is 8.09. The predicted molar refractivity (Wildman–Crippen MR) is 78.0 cm³/mol. The number of carbonyl (C=O) groups is 2. The zero-order chi connectivity index (χ0) is 17.1. The Labute approximate surface area is 129 Å². The van der Waals surface area contributed by atoms with Crippen LogP contribution in [-0.2, 0) is 14.8 Å². The van der Waals surface area contributed by atoms with Crippen molar-refractivity contribution in [2.75, 3.05) is 20.6 Å². The van der Waals surface area contributed by atoms with Gasteiger partial charge in [-0.15, -0.1) is 0 Å². The molecule has 0 aliphatic carbocycles. The van der Waals surface area contributed by atoms with Crippen LogP contribution in [0.2, 0.25) is 0 Å². The van der Waals surface area contributed by atoms with E-state index < -0.39 is 28.4 Å². The highest BCUT2D eigenvalue weighted by Gasteiger charge is 2.27. The summed E-state index contributed by atoms with van der Waals surface area (Å²) in [4.78, 5) is 24.5. The van der Waals surface area contributed by atoms with E-state index in [1.54, 1.807) is 6.92 Å². The van der Waals surface area contributed by atoms with Gasteiger partial charge in [-0.3, -0.25) is 9.59 Å². The first-order valence-electron chi connectivity index (χ1n) is 6.65. The van der Waals surface area contributed by atoms with E-state index in [0.29, 0.717) is 6.42 Å². The lowest BCUT2D eigenvalue weighted by Crippen LogP contribution is -2.41. The van der Waals surface area contributed by atoms with Crippen LogP contribution < -0.4 is 0 Å². The SMILES string of the molecule is CCC(C)N(CC(=O)O)C(=O)c1coc(S(=O)(=O)N(C)C)c1. The van der Waals surface area contributed by atoms with Gasteiger partial charge in [-0.25, -0.2) is 12.7 Å². The zero-order valence-electron chi connectivity index (χ0n) is 12.9. The molecule has 124 valence electrons. The molecular formula is C13H20N2O6S. The van der Waals surface area contributed by atoms with Crippen LogP contribution in [0, 0.1) is 0 Å². The number of carboxylic acid groups (broad SMARTS) is 1. The van der Waals surface area contributed by atoms with Crippen LogP contribution in [0.3, 0.4) is 0 Å². The third kappa shape index (κ3) is 3.86. The average molecular weight is 332 g/mol. The smallest absolute Gasteiger partial charge is 0.323 e. The lowest BCUT2D eigenvalue weighted by Gasteiger charge is -2.26. The first kappa shape index (κ1) is 18.2. The molecular weight excluding hydrogens is 312 g/mol. The number of hydrogen-bond acceptors (Lipinski definition) is 5. The molecule has 1 atom stereocenters. The molecule has 0 spiro atoms. The summed E-state index contributed by atoms with van der Waals surface area (Å²) in [6, 6.07) is 0.807. The maximum absolute atomic E-state index is 12.4. The van der Waals surface area contributed by atoms with E-state index in [4.69, 9.17) is 9.52 Å². The number of hydrogen-bond donors (Lipinski definition) is 1. The molecule has 8 nitrogen and oxygen atoms in total. The number of carboxylic acids is 1. The summed E-state index contributed by atoms with van der Waals surface area (Å²) in [6.45, 7) is 3.08. The molecule has 1 unspecified atom stereocenters. The molecule has 0 fully saturated rings. The van der Waals surface area contributed by atoms with Crippen LogP contribution in [0.5, 0.6) is 0 Å². The Kier molecular flexibility index (Phi) is 5.72. The van der Waals surface area contributed by atoms with Crippen molar-refractivity contribution in [1.29, 1.82) is 0 Å². The van der Waals surface area contributed by atoms with Crippen LogP contribution >= 0.6 is 0 Å². The fraction of sp³-hybridized carbons (Fsp3) is 0.538. The van der Waals surface area contributed by atoms with Crippen LogP contribution in [0.15, 0.2) is 21.8 Å². The van der Waals surface area contributed by atoms with E-state index in [1.165, 1.54) is 19.0 Å². The lowest BCUT2D eigenvalue weighted by atomic mass is 10.2. The molecule has 1 aromatic heterocycles. The van der Waals surface area contributed by atoms with Crippen molar-refractivity contribution in [2.24, 2.45) is 0 Å². The second-order valence-electron chi connectivity index (χ2n) is 5.03. The molecule has 1 aromatic rings. The van der Waals surface area contributed by atoms with Crippen LogP contribution in [0.4, 0.5) is 0 Å². The van der Waals surface area contributed by atoms with Gasteiger partial charge in [0, 0.05) is 26.2 Å². The fourth-order valence-electron chi connectivity index (χ4n) is 1.70. The van der Waals surface area contributed by atoms with Gasteiger partial charge in [0.05, 0.1) is 5.56 Å². The fourth-order valence-corrected chi connectivity index (χ4v) is 2.51. The molecule has 0 aliphatic rings. The van der Waals surface area contributed by atoms with Gasteiger partial charge in [-0.2, -0.15) is 0 Å². The zero-order valence-corrected chi connectivity index (χ0v) is 13.8. The van der Waals surface area contributed by atoms with Crippen molar-refractivity contribution in [3.05, 3.63) is 17.9 Å². The van der Waals surface area contributed by atoms with Crippen molar-refractivity contribution < 1.29 is 27.5 Å². The van der Waals surface area contributed by atoms with Crippen molar-refractivity contribution in [3.8, 4) is 0 Å². The molecule has 0 radical (unpaired) electrons. The summed E-state index contributed by atoms with van der Waals surface area (Å²) in [7, 11) is -1.10. The normalized spacial score (nSPS) is 13.1. The quantitative estimate of drug-likeness (QED) is 0.793. The van der Waals surface area contributed by atoms with Crippen molar-refractivity contribution in [3.63, 3.8) is 0 Å². The Morgan fingerprint density at radius 2 is 1.95 bits per heavy atom. The Bertz CT molecular complexity index is 649. The Balaban J connectivity index is 3.11. The van der Waals surface area contributed by atoms with Gasteiger partial charge in [-0.1, -0.05) is 6.92 Å². The van der Waals surface area contributed by atoms with E-state index in [0.717, 1.165) is 16.6 Å². The number of nitrogens with zero attached hydrogens (tertiary/aromatic N) is 2. The summed E-state index contributed by atoms with van der Waals surface area (Å²) in [6.07, 6.45) is 1.59. The number of rotatable bonds is 7. The highest BCUT2D eigenvalue weighted by molar-refractivity contribution is 7.88. The van der Waals surface area contributed by atoms with E-state index in [9.17, 15) is 18.0 Å². The third-order valence-electron chi connectivity index (χ3n) is 3.25. The van der Waals surface area contributed by atoms with Crippen molar-refractivity contribution in [1.82, 2.24) is 9.21 Å². The van der Waals surface area contributed by atoms with Gasteiger partial charge >= 0.3 is 5.97 Å². The van der Waals surface area contributed by atoms with Crippen LogP contribution in [-0.4, -0.2) is 61.3 Å². The van der Waals surface area contributed by atoms with Gasteiger partial charge in [-0.05, 0) is 13.3 Å². The van der Waals surface area contributed by atoms with Gasteiger partial charge in [0.25, 0.3) is 15.9 Å². The Morgan fingerprint density at radius 3 is 2.41 bits per heavy atom. The van der Waals surface area contributed by atoms with Crippen LogP contribution in [0.1, 0.15) is 30.6 Å². The van der Waals surface area contributed by atoms with E-state index in [-0.39, 0.29) is 16.7 Å². The largest absolute Gasteiger partial charge is 0.480 e. The summed E-state index contributed by atoms with van der Waals surface area (Å²) in [5.74, 6) is -1.72. The van der Waals surface area contributed by atoms with Crippen LogP contribution in [0.25, 0.3) is 0 Å². The summed E-state index contributed by atoms with van der Waals surface area (Å²) in [5, 5.41) is 8.55. The molecule has 9 heteroatoms. The molecule has 0 saturated carbocycles. The monoisotopic (exact) mass is 332 g/mol. The predicted octanol–water partition coefficient (Wildman–Crippen LogP) is 0.855. The van der Waals surface area contributed by atoms with Gasteiger partial charge in [0.1, 0.15) is 12.8 Å². The van der Waals surface area contributed by atoms with E-state index in [1.807, 2.05) is 6.92 Å². The highest BCUT2D eigenvalue weighted by Crippen LogP contribution is 2.19. The maximum Gasteiger partial charge on any atom is 0.323 e. The number of sulfonamides is 1. The average Bonchev–Trinajstić information content (AvgIpc) is 2.93. The van der Waals surface area contributed by atoms with Crippen molar-refractivity contribution >= 4 is 21.9 Å². The van der Waals surface area contributed by atoms with Gasteiger partial charge < -0.3 is 14.4 Å². The molecule has 0 aliphatic heterocycles. The van der Waals surface area contributed by atoms with Gasteiger partial charge in [0.2, 0.25) is 5.09 Å². The Hall–Kier alpha value is -1.87. The second-order valence-corrected chi connectivity index (χ2v) is 7.11. The first-order chi connectivity index (χ1) is 10.1. The number of amides is 1. The number of carbonyl (C=O) groups excluding carboxylic acids is 1.